The van der Waals surface area contributed by atoms with E-state index < -0.39 is 0 Å². The maximum absolute atomic E-state index is 13.1. The highest BCUT2D eigenvalue weighted by molar-refractivity contribution is 8.18. The van der Waals surface area contributed by atoms with E-state index in [1.165, 1.54) is 4.90 Å². The molecule has 3 aromatic carbocycles. The van der Waals surface area contributed by atoms with E-state index in [0.717, 1.165) is 40.9 Å². The second kappa shape index (κ2) is 9.99. The molecule has 0 aromatic heterocycles. The van der Waals surface area contributed by atoms with Crippen molar-refractivity contribution in [2.24, 2.45) is 0 Å². The summed E-state index contributed by atoms with van der Waals surface area (Å²) in [5.41, 5.74) is 1.34. The molecule has 1 saturated heterocycles. The van der Waals surface area contributed by atoms with Crippen LogP contribution in [0.1, 0.15) is 30.9 Å². The summed E-state index contributed by atoms with van der Waals surface area (Å²) >= 11 is 13.4. The number of rotatable bonds is 7. The maximum atomic E-state index is 13.1. The Kier molecular flexibility index (Phi) is 7.09. The van der Waals surface area contributed by atoms with Gasteiger partial charge in [0.1, 0.15) is 5.75 Å². The average Bonchev–Trinajstić information content (AvgIpc) is 3.05. The molecule has 7 heteroatoms. The van der Waals surface area contributed by atoms with Gasteiger partial charge < -0.3 is 4.74 Å². The smallest absolute Gasteiger partial charge is 0.293 e. The first kappa shape index (κ1) is 22.7. The Morgan fingerprint density at radius 3 is 2.50 bits per heavy atom. The summed E-state index contributed by atoms with van der Waals surface area (Å²) in [6.45, 7) is 2.71. The van der Waals surface area contributed by atoms with E-state index in [4.69, 9.17) is 27.9 Å². The van der Waals surface area contributed by atoms with E-state index in [0.29, 0.717) is 32.9 Å². The molecule has 0 unspecified atom stereocenters. The number of carbonyl (C=O) groups excluding carboxylic acids is 2. The third-order valence-electron chi connectivity index (χ3n) is 5.21. The van der Waals surface area contributed by atoms with Gasteiger partial charge in [0.2, 0.25) is 0 Å². The highest BCUT2D eigenvalue weighted by atomic mass is 35.5. The van der Waals surface area contributed by atoms with E-state index in [9.17, 15) is 9.59 Å². The minimum Gasteiger partial charge on any atom is -0.493 e. The first-order valence-electron chi connectivity index (χ1n) is 10.3. The zero-order valence-electron chi connectivity index (χ0n) is 17.4. The number of thioether (sulfide) groups is 1. The van der Waals surface area contributed by atoms with Crippen LogP contribution in [0.3, 0.4) is 0 Å². The van der Waals surface area contributed by atoms with E-state index in [-0.39, 0.29) is 17.7 Å². The maximum Gasteiger partial charge on any atom is 0.293 e. The number of fused-ring (bicyclic) bond motifs is 1. The molecule has 2 amide bonds. The van der Waals surface area contributed by atoms with E-state index >= 15 is 0 Å². The molecule has 0 atom stereocenters. The SMILES string of the molecule is CCCCOc1ccc2ccccc2c1/C=C1\SC(=O)N(Cc2c(Cl)cccc2Cl)C1=O. The van der Waals surface area contributed by atoms with Gasteiger partial charge in [-0.3, -0.25) is 14.5 Å². The number of imide groups is 1. The third-order valence-corrected chi connectivity index (χ3v) is 6.83. The van der Waals surface area contributed by atoms with Crippen LogP contribution in [0.5, 0.6) is 5.75 Å². The van der Waals surface area contributed by atoms with Crippen molar-refractivity contribution in [1.29, 1.82) is 0 Å². The molecular formula is C25H21Cl2NO3S. The van der Waals surface area contributed by atoms with Gasteiger partial charge in [-0.2, -0.15) is 0 Å². The number of nitrogens with zero attached hydrogens (tertiary/aromatic N) is 1. The highest BCUT2D eigenvalue weighted by Crippen LogP contribution is 2.38. The quantitative estimate of drug-likeness (QED) is 0.255. The Balaban J connectivity index is 1.70. The van der Waals surface area contributed by atoms with E-state index in [1.807, 2.05) is 36.4 Å². The van der Waals surface area contributed by atoms with E-state index in [2.05, 4.69) is 6.92 Å². The topological polar surface area (TPSA) is 46.6 Å². The molecule has 4 rings (SSSR count). The van der Waals surface area contributed by atoms with Crippen LogP contribution in [0.4, 0.5) is 4.79 Å². The fourth-order valence-electron chi connectivity index (χ4n) is 3.49. The lowest BCUT2D eigenvalue weighted by atomic mass is 10.0. The summed E-state index contributed by atoms with van der Waals surface area (Å²) in [5, 5.41) is 2.47. The molecule has 1 fully saturated rings. The molecule has 32 heavy (non-hydrogen) atoms. The second-order valence-electron chi connectivity index (χ2n) is 7.37. The Morgan fingerprint density at radius 1 is 1.00 bits per heavy atom. The van der Waals surface area contributed by atoms with Gasteiger partial charge in [-0.1, -0.05) is 72.9 Å². The van der Waals surface area contributed by atoms with Gasteiger partial charge >= 0.3 is 0 Å². The van der Waals surface area contributed by atoms with Crippen molar-refractivity contribution in [1.82, 2.24) is 4.90 Å². The van der Waals surface area contributed by atoms with Gasteiger partial charge in [0.15, 0.2) is 0 Å². The predicted molar refractivity (Wildman–Crippen MR) is 132 cm³/mol. The fourth-order valence-corrected chi connectivity index (χ4v) is 4.82. The molecule has 0 aliphatic carbocycles. The summed E-state index contributed by atoms with van der Waals surface area (Å²) in [4.78, 5) is 27.3. The lowest BCUT2D eigenvalue weighted by molar-refractivity contribution is -0.123. The first-order valence-corrected chi connectivity index (χ1v) is 11.9. The van der Waals surface area contributed by atoms with Crippen molar-refractivity contribution in [2.75, 3.05) is 6.61 Å². The molecule has 0 bridgehead atoms. The van der Waals surface area contributed by atoms with Crippen molar-refractivity contribution in [3.05, 3.63) is 80.7 Å². The highest BCUT2D eigenvalue weighted by Gasteiger charge is 2.36. The minimum atomic E-state index is -0.372. The van der Waals surface area contributed by atoms with Crippen LogP contribution >= 0.6 is 35.0 Å². The zero-order chi connectivity index (χ0) is 22.7. The fraction of sp³-hybridized carbons (Fsp3) is 0.200. The number of amides is 2. The molecule has 1 aliphatic rings. The molecule has 0 radical (unpaired) electrons. The van der Waals surface area contributed by atoms with Crippen LogP contribution in [-0.4, -0.2) is 22.7 Å². The number of hydrogen-bond acceptors (Lipinski definition) is 4. The van der Waals surface area contributed by atoms with Crippen LogP contribution in [0, 0.1) is 0 Å². The van der Waals surface area contributed by atoms with Crippen molar-refractivity contribution >= 4 is 63.0 Å². The van der Waals surface area contributed by atoms with Crippen molar-refractivity contribution < 1.29 is 14.3 Å². The van der Waals surface area contributed by atoms with Crippen LogP contribution in [0.2, 0.25) is 10.0 Å². The van der Waals surface area contributed by atoms with Crippen LogP contribution < -0.4 is 4.74 Å². The van der Waals surface area contributed by atoms with Gasteiger partial charge in [-0.15, -0.1) is 0 Å². The molecule has 0 spiro atoms. The number of benzene rings is 3. The number of halogens is 2. The Bertz CT molecular complexity index is 1200. The molecule has 1 aliphatic heterocycles. The summed E-state index contributed by atoms with van der Waals surface area (Å²) in [6, 6.07) is 16.9. The van der Waals surface area contributed by atoms with Gasteiger partial charge in [0.25, 0.3) is 11.1 Å². The van der Waals surface area contributed by atoms with Crippen molar-refractivity contribution in [3.63, 3.8) is 0 Å². The molecule has 0 N–H and O–H groups in total. The number of unbranched alkanes of at least 4 members (excludes halogenated alkanes) is 1. The average molecular weight is 486 g/mol. The normalized spacial score (nSPS) is 15.2. The van der Waals surface area contributed by atoms with Gasteiger partial charge in [-0.05, 0) is 53.2 Å². The molecule has 3 aromatic rings. The molecule has 164 valence electrons. The van der Waals surface area contributed by atoms with Gasteiger partial charge in [0.05, 0.1) is 18.1 Å². The Hall–Kier alpha value is -2.47. The van der Waals surface area contributed by atoms with Crippen molar-refractivity contribution in [3.8, 4) is 5.75 Å². The third kappa shape index (κ3) is 4.65. The number of hydrogen-bond donors (Lipinski definition) is 0. The molecule has 0 saturated carbocycles. The first-order chi connectivity index (χ1) is 15.5. The standard InChI is InChI=1S/C25H21Cl2NO3S/c1-2-3-13-31-22-12-11-16-7-4-5-8-17(16)18(22)14-23-24(29)28(25(30)32-23)15-19-20(26)9-6-10-21(19)27/h4-12,14H,2-3,13,15H2,1H3/b23-14-. The second-order valence-corrected chi connectivity index (χ2v) is 9.18. The summed E-state index contributed by atoms with van der Waals surface area (Å²) < 4.78 is 6.01. The van der Waals surface area contributed by atoms with Gasteiger partial charge in [0, 0.05) is 21.2 Å². The van der Waals surface area contributed by atoms with Crippen LogP contribution in [0.15, 0.2) is 59.5 Å². The number of carbonyl (C=O) groups is 2. The largest absolute Gasteiger partial charge is 0.493 e. The summed E-state index contributed by atoms with van der Waals surface area (Å²) in [5.74, 6) is 0.321. The monoisotopic (exact) mass is 485 g/mol. The predicted octanol–water partition coefficient (Wildman–Crippen LogP) is 7.56. The Morgan fingerprint density at radius 2 is 1.75 bits per heavy atom. The minimum absolute atomic E-state index is 0.0237. The van der Waals surface area contributed by atoms with Crippen LogP contribution in [-0.2, 0) is 11.3 Å². The number of ether oxygens (including phenoxy) is 1. The molecule has 1 heterocycles. The lowest BCUT2D eigenvalue weighted by Crippen LogP contribution is -2.27. The lowest BCUT2D eigenvalue weighted by Gasteiger charge is -2.15. The van der Waals surface area contributed by atoms with E-state index in [1.54, 1.807) is 24.3 Å². The summed E-state index contributed by atoms with van der Waals surface area (Å²) in [6.07, 6.45) is 3.70. The van der Waals surface area contributed by atoms with Crippen LogP contribution in [0.25, 0.3) is 16.8 Å². The van der Waals surface area contributed by atoms with Gasteiger partial charge in [-0.25, -0.2) is 0 Å². The zero-order valence-corrected chi connectivity index (χ0v) is 19.8. The summed E-state index contributed by atoms with van der Waals surface area (Å²) in [7, 11) is 0. The molecule has 4 nitrogen and oxygen atoms in total. The molecular weight excluding hydrogens is 465 g/mol. The Labute approximate surface area is 201 Å². The van der Waals surface area contributed by atoms with Crippen molar-refractivity contribution in [2.45, 2.75) is 26.3 Å².